The Hall–Kier alpha value is -3.15. The van der Waals surface area contributed by atoms with Crippen LogP contribution in [0.2, 0.25) is 0 Å². The van der Waals surface area contributed by atoms with E-state index in [0.29, 0.717) is 35.2 Å². The Bertz CT molecular complexity index is 772. The first-order valence-electron chi connectivity index (χ1n) is 7.80. The Kier molecular flexibility index (Phi) is 6.28. The summed E-state index contributed by atoms with van der Waals surface area (Å²) in [6.45, 7) is 2.46. The standard InChI is InChI=1S/C19H22N2O4/c1-4-25-17-8-5-13(11-18(17)24-3)6-10-19(22)21-14-7-9-16(23-2)15(20)12-14/h5-12H,4,20H2,1-3H3,(H,21,22)/b10-6+. The van der Waals surface area contributed by atoms with Gasteiger partial charge < -0.3 is 25.3 Å². The molecule has 0 saturated heterocycles. The molecule has 0 heterocycles. The van der Waals surface area contributed by atoms with Crippen LogP contribution in [-0.2, 0) is 4.79 Å². The summed E-state index contributed by atoms with van der Waals surface area (Å²) in [5, 5.41) is 2.75. The third-order valence-corrected chi connectivity index (χ3v) is 3.41. The second-order valence-corrected chi connectivity index (χ2v) is 5.12. The van der Waals surface area contributed by atoms with Crippen LogP contribution in [0, 0.1) is 0 Å². The molecule has 6 heteroatoms. The highest BCUT2D eigenvalue weighted by Gasteiger charge is 2.05. The van der Waals surface area contributed by atoms with Crippen LogP contribution in [0.15, 0.2) is 42.5 Å². The van der Waals surface area contributed by atoms with Crippen LogP contribution < -0.4 is 25.3 Å². The molecule has 0 atom stereocenters. The van der Waals surface area contributed by atoms with Crippen molar-refractivity contribution in [1.29, 1.82) is 0 Å². The minimum Gasteiger partial charge on any atom is -0.495 e. The lowest BCUT2D eigenvalue weighted by atomic mass is 10.2. The van der Waals surface area contributed by atoms with Crippen molar-refractivity contribution in [3.05, 3.63) is 48.0 Å². The van der Waals surface area contributed by atoms with Gasteiger partial charge in [-0.2, -0.15) is 0 Å². The van der Waals surface area contributed by atoms with Gasteiger partial charge in [0, 0.05) is 11.8 Å². The Morgan fingerprint density at radius 3 is 2.44 bits per heavy atom. The van der Waals surface area contributed by atoms with E-state index in [0.717, 1.165) is 5.56 Å². The monoisotopic (exact) mass is 342 g/mol. The van der Waals surface area contributed by atoms with Crippen molar-refractivity contribution >= 4 is 23.4 Å². The highest BCUT2D eigenvalue weighted by molar-refractivity contribution is 6.02. The first-order valence-corrected chi connectivity index (χ1v) is 7.80. The van der Waals surface area contributed by atoms with E-state index in [1.54, 1.807) is 37.5 Å². The molecule has 0 saturated carbocycles. The van der Waals surface area contributed by atoms with Gasteiger partial charge in [0.1, 0.15) is 5.75 Å². The normalized spacial score (nSPS) is 10.5. The van der Waals surface area contributed by atoms with Crippen molar-refractivity contribution in [1.82, 2.24) is 0 Å². The third kappa shape index (κ3) is 4.91. The van der Waals surface area contributed by atoms with Crippen LogP contribution in [0.1, 0.15) is 12.5 Å². The molecule has 0 spiro atoms. The molecular weight excluding hydrogens is 320 g/mol. The molecule has 0 aliphatic rings. The molecular formula is C19H22N2O4. The van der Waals surface area contributed by atoms with Gasteiger partial charge in [-0.05, 0) is 48.9 Å². The summed E-state index contributed by atoms with van der Waals surface area (Å²) in [7, 11) is 3.11. The predicted octanol–water partition coefficient (Wildman–Crippen LogP) is 3.34. The predicted molar refractivity (Wildman–Crippen MR) is 99.2 cm³/mol. The molecule has 0 unspecified atom stereocenters. The maximum absolute atomic E-state index is 12.0. The zero-order valence-corrected chi connectivity index (χ0v) is 14.5. The fraction of sp³-hybridized carbons (Fsp3) is 0.211. The van der Waals surface area contributed by atoms with E-state index in [4.69, 9.17) is 19.9 Å². The van der Waals surface area contributed by atoms with Gasteiger partial charge in [0.05, 0.1) is 26.5 Å². The van der Waals surface area contributed by atoms with Gasteiger partial charge in [0.2, 0.25) is 5.91 Å². The number of benzene rings is 2. The number of ether oxygens (including phenoxy) is 3. The van der Waals surface area contributed by atoms with Crippen LogP contribution in [-0.4, -0.2) is 26.7 Å². The van der Waals surface area contributed by atoms with Gasteiger partial charge in [-0.1, -0.05) is 6.07 Å². The molecule has 0 bridgehead atoms. The summed E-state index contributed by atoms with van der Waals surface area (Å²) in [6, 6.07) is 10.5. The summed E-state index contributed by atoms with van der Waals surface area (Å²) < 4.78 is 15.8. The van der Waals surface area contributed by atoms with E-state index in [9.17, 15) is 4.79 Å². The van der Waals surface area contributed by atoms with E-state index >= 15 is 0 Å². The SMILES string of the molecule is CCOc1ccc(/C=C/C(=O)Nc2ccc(OC)c(N)c2)cc1OC. The molecule has 2 rings (SSSR count). The van der Waals surface area contributed by atoms with Crippen molar-refractivity contribution in [2.75, 3.05) is 31.9 Å². The molecule has 0 aromatic heterocycles. The Morgan fingerprint density at radius 1 is 1.08 bits per heavy atom. The molecule has 0 aliphatic carbocycles. The highest BCUT2D eigenvalue weighted by Crippen LogP contribution is 2.28. The average molecular weight is 342 g/mol. The zero-order chi connectivity index (χ0) is 18.2. The van der Waals surface area contributed by atoms with Crippen molar-refractivity contribution in [2.45, 2.75) is 6.92 Å². The zero-order valence-electron chi connectivity index (χ0n) is 14.5. The second kappa shape index (κ2) is 8.63. The molecule has 25 heavy (non-hydrogen) atoms. The topological polar surface area (TPSA) is 82.8 Å². The van der Waals surface area contributed by atoms with Crippen molar-refractivity contribution in [2.24, 2.45) is 0 Å². The quantitative estimate of drug-likeness (QED) is 0.596. The summed E-state index contributed by atoms with van der Waals surface area (Å²) in [6.07, 6.45) is 3.13. The van der Waals surface area contributed by atoms with Gasteiger partial charge in [-0.3, -0.25) is 4.79 Å². The fourth-order valence-corrected chi connectivity index (χ4v) is 2.23. The maximum Gasteiger partial charge on any atom is 0.248 e. The molecule has 2 aromatic rings. The molecule has 0 aliphatic heterocycles. The highest BCUT2D eigenvalue weighted by atomic mass is 16.5. The number of hydrogen-bond donors (Lipinski definition) is 2. The molecule has 6 nitrogen and oxygen atoms in total. The number of methoxy groups -OCH3 is 2. The fourth-order valence-electron chi connectivity index (χ4n) is 2.23. The van der Waals surface area contributed by atoms with Crippen LogP contribution >= 0.6 is 0 Å². The van der Waals surface area contributed by atoms with E-state index in [-0.39, 0.29) is 5.91 Å². The third-order valence-electron chi connectivity index (χ3n) is 3.41. The molecule has 0 fully saturated rings. The lowest BCUT2D eigenvalue weighted by Crippen LogP contribution is -2.08. The van der Waals surface area contributed by atoms with Gasteiger partial charge in [0.25, 0.3) is 0 Å². The summed E-state index contributed by atoms with van der Waals surface area (Å²) in [5.41, 5.74) is 7.70. The second-order valence-electron chi connectivity index (χ2n) is 5.12. The van der Waals surface area contributed by atoms with Crippen molar-refractivity contribution < 1.29 is 19.0 Å². The molecule has 2 aromatic carbocycles. The Labute approximate surface area is 147 Å². The minimum absolute atomic E-state index is 0.266. The summed E-state index contributed by atoms with van der Waals surface area (Å²) in [4.78, 5) is 12.0. The smallest absolute Gasteiger partial charge is 0.248 e. The number of carbonyl (C=O) groups is 1. The van der Waals surface area contributed by atoms with E-state index in [2.05, 4.69) is 5.32 Å². The number of anilines is 2. The molecule has 3 N–H and O–H groups in total. The number of rotatable bonds is 7. The van der Waals surface area contributed by atoms with E-state index in [1.165, 1.54) is 13.2 Å². The number of carbonyl (C=O) groups excluding carboxylic acids is 1. The average Bonchev–Trinajstić information content (AvgIpc) is 2.61. The van der Waals surface area contributed by atoms with Gasteiger partial charge in [-0.15, -0.1) is 0 Å². The van der Waals surface area contributed by atoms with Crippen LogP contribution in [0.3, 0.4) is 0 Å². The first kappa shape index (κ1) is 18.2. The van der Waals surface area contributed by atoms with Crippen molar-refractivity contribution in [3.63, 3.8) is 0 Å². The Balaban J connectivity index is 2.06. The lowest BCUT2D eigenvalue weighted by molar-refractivity contribution is -0.111. The van der Waals surface area contributed by atoms with Gasteiger partial charge >= 0.3 is 0 Å². The first-order chi connectivity index (χ1) is 12.1. The molecule has 1 amide bonds. The van der Waals surface area contributed by atoms with E-state index < -0.39 is 0 Å². The number of hydrogen-bond acceptors (Lipinski definition) is 5. The summed E-state index contributed by atoms with van der Waals surface area (Å²) in [5.74, 6) is 1.58. The Morgan fingerprint density at radius 2 is 1.80 bits per heavy atom. The van der Waals surface area contributed by atoms with Crippen LogP contribution in [0.4, 0.5) is 11.4 Å². The largest absolute Gasteiger partial charge is 0.495 e. The minimum atomic E-state index is -0.266. The summed E-state index contributed by atoms with van der Waals surface area (Å²) >= 11 is 0. The van der Waals surface area contributed by atoms with Crippen LogP contribution in [0.5, 0.6) is 17.2 Å². The number of nitrogens with one attached hydrogen (secondary N) is 1. The van der Waals surface area contributed by atoms with Crippen molar-refractivity contribution in [3.8, 4) is 17.2 Å². The lowest BCUT2D eigenvalue weighted by Gasteiger charge is -2.09. The number of nitrogens with two attached hydrogens (primary N) is 1. The van der Waals surface area contributed by atoms with Gasteiger partial charge in [0.15, 0.2) is 11.5 Å². The molecule has 132 valence electrons. The number of amides is 1. The number of nitrogen functional groups attached to an aromatic ring is 1. The van der Waals surface area contributed by atoms with Crippen LogP contribution in [0.25, 0.3) is 6.08 Å². The van der Waals surface area contributed by atoms with Gasteiger partial charge in [-0.25, -0.2) is 0 Å². The van der Waals surface area contributed by atoms with E-state index in [1.807, 2.05) is 19.1 Å². The maximum atomic E-state index is 12.0. The molecule has 0 radical (unpaired) electrons.